The maximum Gasteiger partial charge on any atom is 0.251 e. The number of amides is 2. The fourth-order valence-corrected chi connectivity index (χ4v) is 3.81. The van der Waals surface area contributed by atoms with Crippen molar-refractivity contribution in [2.45, 2.75) is 18.9 Å². The van der Waals surface area contributed by atoms with Crippen LogP contribution in [0, 0.1) is 17.8 Å². The third-order valence-corrected chi connectivity index (χ3v) is 5.66. The molecule has 3 aromatic carbocycles. The van der Waals surface area contributed by atoms with Crippen molar-refractivity contribution in [3.8, 4) is 17.6 Å². The highest BCUT2D eigenvalue weighted by Gasteiger charge is 2.25. The van der Waals surface area contributed by atoms with E-state index in [1.54, 1.807) is 29.7 Å². The van der Waals surface area contributed by atoms with Gasteiger partial charge in [-0.1, -0.05) is 60.4 Å². The van der Waals surface area contributed by atoms with Crippen molar-refractivity contribution < 1.29 is 29.0 Å². The lowest BCUT2D eigenvalue weighted by atomic mass is 9.92. The summed E-state index contributed by atoms with van der Waals surface area (Å²) in [6, 6.07) is 25.3. The van der Waals surface area contributed by atoms with Crippen molar-refractivity contribution in [2.24, 2.45) is 5.92 Å². The molecule has 0 bridgehead atoms. The zero-order valence-corrected chi connectivity index (χ0v) is 21.3. The minimum absolute atomic E-state index is 0.0449. The van der Waals surface area contributed by atoms with Gasteiger partial charge < -0.3 is 19.5 Å². The second-order valence-corrected chi connectivity index (χ2v) is 8.53. The highest BCUT2D eigenvalue weighted by Crippen LogP contribution is 2.16. The van der Waals surface area contributed by atoms with Crippen molar-refractivity contribution in [3.05, 3.63) is 102 Å². The second-order valence-electron chi connectivity index (χ2n) is 8.53. The molecule has 0 aliphatic carbocycles. The molecule has 3 N–H and O–H groups in total. The minimum Gasteiger partial charge on any atom is -0.481 e. The van der Waals surface area contributed by atoms with Crippen LogP contribution in [-0.4, -0.2) is 50.2 Å². The normalized spacial score (nSPS) is 11.9. The van der Waals surface area contributed by atoms with Crippen LogP contribution in [0.5, 0.6) is 5.75 Å². The third-order valence-electron chi connectivity index (χ3n) is 5.66. The van der Waals surface area contributed by atoms with Crippen LogP contribution in [0.1, 0.15) is 27.9 Å². The fourth-order valence-electron chi connectivity index (χ4n) is 3.81. The Morgan fingerprint density at radius 2 is 1.63 bits per heavy atom. The van der Waals surface area contributed by atoms with Crippen LogP contribution in [-0.2, 0) is 20.7 Å². The van der Waals surface area contributed by atoms with E-state index in [-0.39, 0.29) is 32.3 Å². The summed E-state index contributed by atoms with van der Waals surface area (Å²) in [5.74, 6) is 5.29. The molecule has 3 rings (SSSR count). The van der Waals surface area contributed by atoms with Gasteiger partial charge in [0.25, 0.3) is 5.91 Å². The average Bonchev–Trinajstić information content (AvgIpc) is 2.96. The van der Waals surface area contributed by atoms with E-state index in [2.05, 4.69) is 17.2 Å². The Bertz CT molecular complexity index is 1190. The number of hydroxylamine groups is 1. The first-order valence-corrected chi connectivity index (χ1v) is 12.2. The molecule has 8 nitrogen and oxygen atoms in total. The van der Waals surface area contributed by atoms with E-state index in [0.29, 0.717) is 12.0 Å². The van der Waals surface area contributed by atoms with E-state index in [4.69, 9.17) is 14.2 Å². The van der Waals surface area contributed by atoms with E-state index in [1.807, 2.05) is 60.7 Å². The second kappa shape index (κ2) is 15.8. The first-order chi connectivity index (χ1) is 18.6. The summed E-state index contributed by atoms with van der Waals surface area (Å²) >= 11 is 0. The number of methoxy groups -OCH3 is 1. The summed E-state index contributed by atoms with van der Waals surface area (Å²) in [6.45, 7) is 0.429. The van der Waals surface area contributed by atoms with E-state index < -0.39 is 17.9 Å². The molecule has 38 heavy (non-hydrogen) atoms. The van der Waals surface area contributed by atoms with E-state index in [1.165, 1.54) is 7.11 Å². The molecule has 8 heteroatoms. The molecular weight excluding hydrogens is 484 g/mol. The molecular formula is C30H32N2O6. The van der Waals surface area contributed by atoms with Crippen LogP contribution in [0.25, 0.3) is 0 Å². The molecule has 3 aromatic rings. The average molecular weight is 517 g/mol. The number of nitrogens with one attached hydrogen (secondary N) is 2. The Morgan fingerprint density at radius 1 is 0.947 bits per heavy atom. The van der Waals surface area contributed by atoms with Crippen molar-refractivity contribution >= 4 is 11.8 Å². The summed E-state index contributed by atoms with van der Waals surface area (Å²) in [5.41, 5.74) is 3.87. The Kier molecular flexibility index (Phi) is 11.8. The van der Waals surface area contributed by atoms with Gasteiger partial charge in [0.1, 0.15) is 19.1 Å². The minimum atomic E-state index is -0.588. The van der Waals surface area contributed by atoms with Crippen molar-refractivity contribution in [1.82, 2.24) is 10.8 Å². The standard InChI is InChI=1S/C30H32N2O6/c1-36-22-37-21-27(20-26(30(34)32-35)19-24-9-4-2-5-10-24)31-29(33)25-16-14-23(15-17-25)11-8-18-38-28-12-6-3-7-13-28/h2-7,9-10,12-17,26-27,35H,18-22H2,1H3,(H,31,33)(H,32,34)/t26-,27-/m1/s1. The summed E-state index contributed by atoms with van der Waals surface area (Å²) < 4.78 is 16.0. The van der Waals surface area contributed by atoms with Crippen molar-refractivity contribution in [2.75, 3.05) is 27.1 Å². The zero-order valence-electron chi connectivity index (χ0n) is 21.3. The quantitative estimate of drug-likeness (QED) is 0.105. The third kappa shape index (κ3) is 9.71. The number of para-hydroxylation sites is 1. The maximum absolute atomic E-state index is 13.0. The van der Waals surface area contributed by atoms with Crippen LogP contribution in [0.2, 0.25) is 0 Å². The summed E-state index contributed by atoms with van der Waals surface area (Å²) in [4.78, 5) is 25.4. The van der Waals surface area contributed by atoms with Gasteiger partial charge in [-0.15, -0.1) is 0 Å². The number of carbonyl (C=O) groups is 2. The molecule has 0 saturated carbocycles. The molecule has 0 spiro atoms. The maximum atomic E-state index is 13.0. The predicted octanol–water partition coefficient (Wildman–Crippen LogP) is 3.59. The highest BCUT2D eigenvalue weighted by molar-refractivity contribution is 5.94. The Balaban J connectivity index is 1.62. The van der Waals surface area contributed by atoms with Gasteiger partial charge in [0.05, 0.1) is 12.6 Å². The van der Waals surface area contributed by atoms with Crippen molar-refractivity contribution in [1.29, 1.82) is 0 Å². The molecule has 198 valence electrons. The number of ether oxygens (including phenoxy) is 3. The van der Waals surface area contributed by atoms with Gasteiger partial charge in [0, 0.05) is 24.2 Å². The number of carbonyl (C=O) groups excluding carboxylic acids is 2. The number of rotatable bonds is 13. The van der Waals surface area contributed by atoms with Crippen molar-refractivity contribution in [3.63, 3.8) is 0 Å². The molecule has 0 aliphatic heterocycles. The Labute approximate surface area is 222 Å². The monoisotopic (exact) mass is 516 g/mol. The number of benzene rings is 3. The lowest BCUT2D eigenvalue weighted by Gasteiger charge is -2.23. The molecule has 2 atom stereocenters. The van der Waals surface area contributed by atoms with Gasteiger partial charge in [0.2, 0.25) is 5.91 Å². The largest absolute Gasteiger partial charge is 0.481 e. The smallest absolute Gasteiger partial charge is 0.251 e. The van der Waals surface area contributed by atoms with Gasteiger partial charge in [0.15, 0.2) is 0 Å². The van der Waals surface area contributed by atoms with E-state index >= 15 is 0 Å². The van der Waals surface area contributed by atoms with Gasteiger partial charge in [-0.2, -0.15) is 0 Å². The van der Waals surface area contributed by atoms with E-state index in [0.717, 1.165) is 16.9 Å². The van der Waals surface area contributed by atoms with Crippen LogP contribution < -0.4 is 15.5 Å². The first kappa shape index (κ1) is 28.4. The first-order valence-electron chi connectivity index (χ1n) is 12.2. The molecule has 0 saturated heterocycles. The van der Waals surface area contributed by atoms with Gasteiger partial charge in [-0.3, -0.25) is 14.8 Å². The van der Waals surface area contributed by atoms with Gasteiger partial charge >= 0.3 is 0 Å². The highest BCUT2D eigenvalue weighted by atomic mass is 16.7. The van der Waals surface area contributed by atoms with Crippen LogP contribution in [0.4, 0.5) is 0 Å². The predicted molar refractivity (Wildman–Crippen MR) is 143 cm³/mol. The van der Waals surface area contributed by atoms with Gasteiger partial charge in [-0.05, 0) is 54.8 Å². The van der Waals surface area contributed by atoms with Gasteiger partial charge in [-0.25, -0.2) is 5.48 Å². The lowest BCUT2D eigenvalue weighted by molar-refractivity contribution is -0.134. The summed E-state index contributed by atoms with van der Waals surface area (Å²) in [6.07, 6.45) is 0.646. The number of hydrogen-bond donors (Lipinski definition) is 3. The molecule has 2 amide bonds. The molecule has 0 heterocycles. The van der Waals surface area contributed by atoms with Crippen LogP contribution >= 0.6 is 0 Å². The molecule has 0 radical (unpaired) electrons. The summed E-state index contributed by atoms with van der Waals surface area (Å²) in [7, 11) is 1.50. The van der Waals surface area contributed by atoms with Crippen LogP contribution in [0.15, 0.2) is 84.9 Å². The van der Waals surface area contributed by atoms with Crippen LogP contribution in [0.3, 0.4) is 0 Å². The lowest BCUT2D eigenvalue weighted by Crippen LogP contribution is -2.42. The molecule has 0 fully saturated rings. The fraction of sp³-hybridized carbons (Fsp3) is 0.267. The molecule has 0 aromatic heterocycles. The molecule has 0 unspecified atom stereocenters. The van der Waals surface area contributed by atoms with E-state index in [9.17, 15) is 14.8 Å². The number of hydrogen-bond acceptors (Lipinski definition) is 6. The topological polar surface area (TPSA) is 106 Å². The zero-order chi connectivity index (χ0) is 27.0. The molecule has 0 aliphatic rings. The SMILES string of the molecule is COCOC[C@@H](C[C@@H](Cc1ccccc1)C(=O)NO)NC(=O)c1ccc(C#CCOc2ccccc2)cc1. The Morgan fingerprint density at radius 3 is 2.29 bits per heavy atom. The summed E-state index contributed by atoms with van der Waals surface area (Å²) in [5, 5.41) is 12.2. The Hall–Kier alpha value is -4.16.